The molecule has 0 aliphatic heterocycles. The van der Waals surface area contributed by atoms with Gasteiger partial charge >= 0.3 is 6.03 Å². The highest BCUT2D eigenvalue weighted by molar-refractivity contribution is 5.83. The Morgan fingerprint density at radius 3 is 2.50 bits per heavy atom. The van der Waals surface area contributed by atoms with Gasteiger partial charge in [0.2, 0.25) is 11.8 Å². The molecule has 26 heavy (non-hydrogen) atoms. The molecule has 2 aromatic rings. The number of aromatic nitrogens is 2. The molecule has 9 heteroatoms. The number of urea groups is 1. The van der Waals surface area contributed by atoms with Crippen LogP contribution >= 0.6 is 0 Å². The summed E-state index contributed by atoms with van der Waals surface area (Å²) in [5.41, 5.74) is 1.04. The molecule has 0 aliphatic rings. The molecule has 1 heterocycles. The van der Waals surface area contributed by atoms with Crippen LogP contribution in [-0.4, -0.2) is 54.2 Å². The number of rotatable bonds is 8. The van der Waals surface area contributed by atoms with E-state index in [1.54, 1.807) is 23.9 Å². The second-order valence-corrected chi connectivity index (χ2v) is 5.81. The van der Waals surface area contributed by atoms with Gasteiger partial charge in [-0.25, -0.2) is 4.79 Å². The van der Waals surface area contributed by atoms with E-state index in [0.717, 1.165) is 5.56 Å². The summed E-state index contributed by atoms with van der Waals surface area (Å²) in [4.78, 5) is 31.6. The number of anilines is 1. The van der Waals surface area contributed by atoms with Crippen molar-refractivity contribution in [1.29, 1.82) is 0 Å². The number of amides is 3. The van der Waals surface area contributed by atoms with Gasteiger partial charge < -0.3 is 25.0 Å². The van der Waals surface area contributed by atoms with Gasteiger partial charge in [-0.1, -0.05) is 30.3 Å². The van der Waals surface area contributed by atoms with Gasteiger partial charge in [-0.2, -0.15) is 4.98 Å². The Morgan fingerprint density at radius 1 is 1.15 bits per heavy atom. The van der Waals surface area contributed by atoms with Crippen LogP contribution in [0, 0.1) is 0 Å². The van der Waals surface area contributed by atoms with Crippen LogP contribution in [0.2, 0.25) is 0 Å². The minimum atomic E-state index is -0.473. The van der Waals surface area contributed by atoms with Crippen LogP contribution < -0.4 is 15.5 Å². The molecule has 1 aromatic heterocycles. The minimum Gasteiger partial charge on any atom is -0.344 e. The molecule has 2 rings (SSSR count). The second-order valence-electron chi connectivity index (χ2n) is 5.81. The quantitative estimate of drug-likeness (QED) is 0.727. The fraction of sp³-hybridized carbons (Fsp3) is 0.412. The van der Waals surface area contributed by atoms with Crippen molar-refractivity contribution in [3.05, 3.63) is 41.8 Å². The molecule has 0 spiro atoms. The largest absolute Gasteiger partial charge is 0.344 e. The summed E-state index contributed by atoms with van der Waals surface area (Å²) in [6, 6.07) is 9.24. The number of carbonyl (C=O) groups excluding carboxylic acids is 2. The third-order valence-corrected chi connectivity index (χ3v) is 3.61. The van der Waals surface area contributed by atoms with Crippen LogP contribution in [0.25, 0.3) is 0 Å². The number of nitrogens with one attached hydrogen (secondary N) is 2. The van der Waals surface area contributed by atoms with Crippen molar-refractivity contribution in [3.8, 4) is 0 Å². The smallest absolute Gasteiger partial charge is 0.315 e. The van der Waals surface area contributed by atoms with Crippen LogP contribution in [0.4, 0.5) is 10.7 Å². The molecule has 0 bridgehead atoms. The number of likely N-dealkylation sites (N-methyl/N-ethyl adjacent to an activating group) is 1. The zero-order valence-corrected chi connectivity index (χ0v) is 15.2. The average molecular weight is 360 g/mol. The molecule has 0 saturated heterocycles. The fourth-order valence-corrected chi connectivity index (χ4v) is 2.17. The molecule has 0 atom stereocenters. The summed E-state index contributed by atoms with van der Waals surface area (Å²) >= 11 is 0. The third kappa shape index (κ3) is 5.76. The molecule has 0 fully saturated rings. The summed E-state index contributed by atoms with van der Waals surface area (Å²) in [5, 5.41) is 8.87. The normalized spacial score (nSPS) is 10.3. The molecule has 9 nitrogen and oxygen atoms in total. The first-order valence-electron chi connectivity index (χ1n) is 8.33. The van der Waals surface area contributed by atoms with Crippen molar-refractivity contribution in [3.63, 3.8) is 0 Å². The van der Waals surface area contributed by atoms with Gasteiger partial charge in [0.15, 0.2) is 0 Å². The van der Waals surface area contributed by atoms with Crippen LogP contribution in [-0.2, 0) is 17.9 Å². The summed E-state index contributed by atoms with van der Waals surface area (Å²) in [6.45, 7) is 2.97. The first-order chi connectivity index (χ1) is 12.5. The highest BCUT2D eigenvalue weighted by atomic mass is 16.5. The predicted octanol–water partition coefficient (Wildman–Crippen LogP) is 0.984. The van der Waals surface area contributed by atoms with Crippen LogP contribution in [0.5, 0.6) is 0 Å². The van der Waals surface area contributed by atoms with E-state index in [0.29, 0.717) is 19.0 Å². The lowest BCUT2D eigenvalue weighted by Crippen LogP contribution is -2.43. The van der Waals surface area contributed by atoms with E-state index in [4.69, 9.17) is 4.52 Å². The van der Waals surface area contributed by atoms with Gasteiger partial charge in [-0.3, -0.25) is 4.79 Å². The van der Waals surface area contributed by atoms with Gasteiger partial charge in [-0.05, 0) is 17.6 Å². The number of hydrogen-bond acceptors (Lipinski definition) is 6. The lowest BCUT2D eigenvalue weighted by atomic mass is 10.2. The maximum absolute atomic E-state index is 12.3. The van der Waals surface area contributed by atoms with E-state index >= 15 is 0 Å². The molecule has 140 valence electrons. The number of hydrogen-bond donors (Lipinski definition) is 2. The third-order valence-electron chi connectivity index (χ3n) is 3.61. The number of carbonyl (C=O) groups is 2. The molecular formula is C17H24N6O3. The zero-order valence-electron chi connectivity index (χ0n) is 15.2. The van der Waals surface area contributed by atoms with Crippen molar-refractivity contribution in [1.82, 2.24) is 25.7 Å². The average Bonchev–Trinajstić information content (AvgIpc) is 3.12. The molecule has 1 aromatic carbocycles. The standard InChI is InChI=1S/C17H24N6O3/c1-4-23(12-13-8-6-5-7-9-13)15(24)11-19-17(25)18-10-14-20-16(21-26-14)22(2)3/h5-9H,4,10-12H2,1-3H3,(H2,18,19,25). The lowest BCUT2D eigenvalue weighted by molar-refractivity contribution is -0.130. The highest BCUT2D eigenvalue weighted by Crippen LogP contribution is 2.05. The summed E-state index contributed by atoms with van der Waals surface area (Å²) in [6.07, 6.45) is 0. The van der Waals surface area contributed by atoms with Gasteiger partial charge in [0, 0.05) is 27.2 Å². The Labute approximate surface area is 152 Å². The predicted molar refractivity (Wildman–Crippen MR) is 96.4 cm³/mol. The van der Waals surface area contributed by atoms with Crippen molar-refractivity contribution in [2.75, 3.05) is 32.1 Å². The molecular weight excluding hydrogens is 336 g/mol. The summed E-state index contributed by atoms with van der Waals surface area (Å²) < 4.78 is 5.00. The monoisotopic (exact) mass is 360 g/mol. The van der Waals surface area contributed by atoms with Crippen molar-refractivity contribution < 1.29 is 14.1 Å². The highest BCUT2D eigenvalue weighted by Gasteiger charge is 2.14. The van der Waals surface area contributed by atoms with Crippen molar-refractivity contribution >= 4 is 17.9 Å². The first-order valence-corrected chi connectivity index (χ1v) is 8.33. The van der Waals surface area contributed by atoms with E-state index < -0.39 is 6.03 Å². The molecule has 0 unspecified atom stereocenters. The maximum Gasteiger partial charge on any atom is 0.315 e. The lowest BCUT2D eigenvalue weighted by Gasteiger charge is -2.21. The second kappa shape index (κ2) is 9.40. The summed E-state index contributed by atoms with van der Waals surface area (Å²) in [7, 11) is 3.57. The van der Waals surface area contributed by atoms with Crippen LogP contribution in [0.15, 0.2) is 34.9 Å². The summed E-state index contributed by atoms with van der Waals surface area (Å²) in [5.74, 6) is 0.561. The van der Waals surface area contributed by atoms with Gasteiger partial charge in [0.05, 0.1) is 13.1 Å². The van der Waals surface area contributed by atoms with E-state index in [-0.39, 0.29) is 24.9 Å². The molecule has 3 amide bonds. The molecule has 0 radical (unpaired) electrons. The van der Waals surface area contributed by atoms with Gasteiger partial charge in [0.25, 0.3) is 5.95 Å². The first kappa shape index (κ1) is 19.2. The Balaban J connectivity index is 1.75. The zero-order chi connectivity index (χ0) is 18.9. The molecule has 0 saturated carbocycles. The van der Waals surface area contributed by atoms with Gasteiger partial charge in [0.1, 0.15) is 0 Å². The molecule has 2 N–H and O–H groups in total. The fourth-order valence-electron chi connectivity index (χ4n) is 2.17. The van der Waals surface area contributed by atoms with Crippen molar-refractivity contribution in [2.24, 2.45) is 0 Å². The SMILES string of the molecule is CCN(Cc1ccccc1)C(=O)CNC(=O)NCc1nc(N(C)C)no1. The Kier molecular flexibility index (Phi) is 6.95. The van der Waals surface area contributed by atoms with Crippen LogP contribution in [0.1, 0.15) is 18.4 Å². The Hall–Kier alpha value is -3.10. The van der Waals surface area contributed by atoms with E-state index in [1.807, 2.05) is 37.3 Å². The maximum atomic E-state index is 12.3. The van der Waals surface area contributed by atoms with E-state index in [9.17, 15) is 9.59 Å². The van der Waals surface area contributed by atoms with Crippen LogP contribution in [0.3, 0.4) is 0 Å². The van der Waals surface area contributed by atoms with Gasteiger partial charge in [-0.15, -0.1) is 0 Å². The number of benzene rings is 1. The topological polar surface area (TPSA) is 104 Å². The van der Waals surface area contributed by atoms with E-state index in [2.05, 4.69) is 20.8 Å². The Morgan fingerprint density at radius 2 is 1.88 bits per heavy atom. The Bertz CT molecular complexity index is 716. The minimum absolute atomic E-state index is 0.0840. The van der Waals surface area contributed by atoms with Crippen molar-refractivity contribution in [2.45, 2.75) is 20.0 Å². The number of nitrogens with zero attached hydrogens (tertiary/aromatic N) is 4. The molecule has 0 aliphatic carbocycles. The van der Waals surface area contributed by atoms with E-state index in [1.165, 1.54) is 0 Å².